The highest BCUT2D eigenvalue weighted by atomic mass is 16.5. The zero-order valence-electron chi connectivity index (χ0n) is 12.9. The van der Waals surface area contributed by atoms with Crippen LogP contribution in [0.1, 0.15) is 22.9 Å². The lowest BCUT2D eigenvalue weighted by Gasteiger charge is -2.29. The van der Waals surface area contributed by atoms with Crippen molar-refractivity contribution >= 4 is 5.91 Å². The number of amides is 1. The number of nitrogens with zero attached hydrogens (tertiary/aromatic N) is 6. The molecule has 0 fully saturated rings. The van der Waals surface area contributed by atoms with Crippen LogP contribution < -0.4 is 0 Å². The fourth-order valence-electron chi connectivity index (χ4n) is 2.98. The van der Waals surface area contributed by atoms with Crippen molar-refractivity contribution in [3.05, 3.63) is 59.7 Å². The van der Waals surface area contributed by atoms with Gasteiger partial charge in [0.15, 0.2) is 0 Å². The number of fused-ring (bicyclic) bond motifs is 1. The summed E-state index contributed by atoms with van der Waals surface area (Å²) in [6.07, 6.45) is 4.33. The Kier molecular flexibility index (Phi) is 3.78. The third-order valence-electron chi connectivity index (χ3n) is 4.26. The Morgan fingerprint density at radius 2 is 2.17 bits per heavy atom. The van der Waals surface area contributed by atoms with Gasteiger partial charge >= 0.3 is 0 Å². The fourth-order valence-corrected chi connectivity index (χ4v) is 2.98. The summed E-state index contributed by atoms with van der Waals surface area (Å²) in [5.41, 5.74) is 2.96. The zero-order valence-corrected chi connectivity index (χ0v) is 12.9. The van der Waals surface area contributed by atoms with Crippen LogP contribution in [0.25, 0.3) is 0 Å². The Bertz CT molecular complexity index is 814. The first-order valence-corrected chi connectivity index (χ1v) is 7.78. The molecule has 0 radical (unpaired) electrons. The van der Waals surface area contributed by atoms with Gasteiger partial charge in [-0.15, -0.1) is 5.10 Å². The summed E-state index contributed by atoms with van der Waals surface area (Å²) in [6.45, 7) is 1.12. The van der Waals surface area contributed by atoms with Crippen LogP contribution in [0, 0.1) is 0 Å². The van der Waals surface area contributed by atoms with E-state index in [9.17, 15) is 4.79 Å². The molecular weight excluding hydrogens is 308 g/mol. The van der Waals surface area contributed by atoms with E-state index in [1.807, 2.05) is 35.2 Å². The van der Waals surface area contributed by atoms with Crippen molar-refractivity contribution in [2.24, 2.45) is 0 Å². The molecule has 0 bridgehead atoms. The summed E-state index contributed by atoms with van der Waals surface area (Å²) in [7, 11) is 0. The van der Waals surface area contributed by atoms with Crippen LogP contribution in [-0.4, -0.2) is 42.7 Å². The molecule has 8 heteroatoms. The summed E-state index contributed by atoms with van der Waals surface area (Å²) >= 11 is 0. The van der Waals surface area contributed by atoms with Crippen LogP contribution in [-0.2, 0) is 24.2 Å². The van der Waals surface area contributed by atoms with E-state index < -0.39 is 6.04 Å². The molecule has 1 aliphatic rings. The molecule has 8 nitrogen and oxygen atoms in total. The molecule has 122 valence electrons. The largest absolute Gasteiger partial charge is 0.364 e. The number of aromatic nitrogens is 5. The van der Waals surface area contributed by atoms with Gasteiger partial charge in [0, 0.05) is 24.9 Å². The van der Waals surface area contributed by atoms with E-state index in [4.69, 9.17) is 4.52 Å². The average molecular weight is 324 g/mol. The maximum absolute atomic E-state index is 13.1. The average Bonchev–Trinajstić information content (AvgIpc) is 3.30. The number of hydrogen-bond acceptors (Lipinski definition) is 6. The van der Waals surface area contributed by atoms with Crippen LogP contribution in [0.15, 0.2) is 47.4 Å². The van der Waals surface area contributed by atoms with Gasteiger partial charge in [-0.1, -0.05) is 35.5 Å². The molecule has 3 aromatic rings. The summed E-state index contributed by atoms with van der Waals surface area (Å²) in [6, 6.07) is 9.40. The summed E-state index contributed by atoms with van der Waals surface area (Å²) in [5, 5.41) is 15.3. The van der Waals surface area contributed by atoms with Crippen molar-refractivity contribution in [1.29, 1.82) is 0 Å². The predicted molar refractivity (Wildman–Crippen MR) is 82.6 cm³/mol. The standard InChI is InChI=1S/C16H16N6O2/c23-16(21-7-6-14-13(9-21)10-24-18-14)15(22-11-17-19-20-22)8-12-4-2-1-3-5-12/h1-5,10-11,15H,6-9H2/t15-/m0/s1. The summed E-state index contributed by atoms with van der Waals surface area (Å²) in [4.78, 5) is 14.9. The normalized spacial score (nSPS) is 15.1. The molecule has 1 aliphatic heterocycles. The Morgan fingerprint density at radius 3 is 2.96 bits per heavy atom. The summed E-state index contributed by atoms with van der Waals surface area (Å²) < 4.78 is 6.52. The molecule has 1 atom stereocenters. The van der Waals surface area contributed by atoms with E-state index in [0.29, 0.717) is 25.9 Å². The van der Waals surface area contributed by atoms with Crippen molar-refractivity contribution in [2.75, 3.05) is 6.54 Å². The first-order chi connectivity index (χ1) is 11.8. The van der Waals surface area contributed by atoms with Gasteiger partial charge < -0.3 is 9.42 Å². The van der Waals surface area contributed by atoms with Gasteiger partial charge in [-0.05, 0) is 16.0 Å². The lowest BCUT2D eigenvalue weighted by atomic mass is 10.0. The van der Waals surface area contributed by atoms with E-state index in [0.717, 1.165) is 16.8 Å². The smallest absolute Gasteiger partial charge is 0.248 e. The van der Waals surface area contributed by atoms with Gasteiger partial charge in [0.05, 0.1) is 12.2 Å². The Hall–Kier alpha value is -3.03. The van der Waals surface area contributed by atoms with Crippen molar-refractivity contribution in [3.8, 4) is 0 Å². The lowest BCUT2D eigenvalue weighted by molar-refractivity contribution is -0.136. The maximum atomic E-state index is 13.1. The SMILES string of the molecule is O=C([C@H](Cc1ccccc1)n1cnnn1)N1CCc2nocc2C1. The topological polar surface area (TPSA) is 89.9 Å². The van der Waals surface area contributed by atoms with E-state index in [1.54, 1.807) is 6.26 Å². The zero-order chi connectivity index (χ0) is 16.4. The van der Waals surface area contributed by atoms with Crippen molar-refractivity contribution in [3.63, 3.8) is 0 Å². The van der Waals surface area contributed by atoms with Gasteiger partial charge in [0.1, 0.15) is 18.6 Å². The number of rotatable bonds is 4. The van der Waals surface area contributed by atoms with E-state index in [2.05, 4.69) is 20.7 Å². The minimum atomic E-state index is -0.469. The number of carbonyl (C=O) groups is 1. The Balaban J connectivity index is 1.58. The second kappa shape index (κ2) is 6.23. The molecule has 0 aliphatic carbocycles. The molecule has 2 aromatic heterocycles. The number of benzene rings is 1. The van der Waals surface area contributed by atoms with Crippen molar-refractivity contribution in [2.45, 2.75) is 25.4 Å². The maximum Gasteiger partial charge on any atom is 0.248 e. The summed E-state index contributed by atoms with van der Waals surface area (Å²) in [5.74, 6) is -0.00185. The first kappa shape index (κ1) is 14.6. The van der Waals surface area contributed by atoms with E-state index in [1.165, 1.54) is 11.0 Å². The Labute approximate surface area is 138 Å². The van der Waals surface area contributed by atoms with Crippen molar-refractivity contribution in [1.82, 2.24) is 30.3 Å². The highest BCUT2D eigenvalue weighted by Gasteiger charge is 2.30. The van der Waals surface area contributed by atoms with Crippen LogP contribution in [0.3, 0.4) is 0 Å². The first-order valence-electron chi connectivity index (χ1n) is 7.78. The second-order valence-corrected chi connectivity index (χ2v) is 5.79. The van der Waals surface area contributed by atoms with E-state index in [-0.39, 0.29) is 5.91 Å². The number of carbonyl (C=O) groups excluding carboxylic acids is 1. The van der Waals surface area contributed by atoms with Crippen LogP contribution in [0.4, 0.5) is 0 Å². The quantitative estimate of drug-likeness (QED) is 0.712. The molecule has 0 N–H and O–H groups in total. The number of tetrazole rings is 1. The molecule has 0 saturated carbocycles. The molecule has 3 heterocycles. The van der Waals surface area contributed by atoms with Crippen LogP contribution in [0.5, 0.6) is 0 Å². The van der Waals surface area contributed by atoms with Crippen LogP contribution in [0.2, 0.25) is 0 Å². The molecule has 0 unspecified atom stereocenters. The third-order valence-corrected chi connectivity index (χ3v) is 4.26. The highest BCUT2D eigenvalue weighted by molar-refractivity contribution is 5.81. The fraction of sp³-hybridized carbons (Fsp3) is 0.312. The third kappa shape index (κ3) is 2.78. The lowest BCUT2D eigenvalue weighted by Crippen LogP contribution is -2.41. The van der Waals surface area contributed by atoms with Crippen LogP contribution >= 0.6 is 0 Å². The molecule has 1 aromatic carbocycles. The molecular formula is C16H16N6O2. The molecule has 0 spiro atoms. The minimum Gasteiger partial charge on any atom is -0.364 e. The van der Waals surface area contributed by atoms with Gasteiger partial charge in [0.25, 0.3) is 0 Å². The van der Waals surface area contributed by atoms with Gasteiger partial charge in [-0.3, -0.25) is 4.79 Å². The minimum absolute atomic E-state index is 0.00185. The highest BCUT2D eigenvalue weighted by Crippen LogP contribution is 2.22. The predicted octanol–water partition coefficient (Wildman–Crippen LogP) is 1.03. The van der Waals surface area contributed by atoms with Crippen molar-refractivity contribution < 1.29 is 9.32 Å². The second-order valence-electron chi connectivity index (χ2n) is 5.79. The molecule has 0 saturated heterocycles. The molecule has 24 heavy (non-hydrogen) atoms. The monoisotopic (exact) mass is 324 g/mol. The Morgan fingerprint density at radius 1 is 1.29 bits per heavy atom. The molecule has 1 amide bonds. The van der Waals surface area contributed by atoms with E-state index >= 15 is 0 Å². The van der Waals surface area contributed by atoms with Gasteiger partial charge in [-0.25, -0.2) is 4.68 Å². The van der Waals surface area contributed by atoms with Gasteiger partial charge in [0.2, 0.25) is 5.91 Å². The number of hydrogen-bond donors (Lipinski definition) is 0. The molecule has 4 rings (SSSR count). The van der Waals surface area contributed by atoms with Gasteiger partial charge in [-0.2, -0.15) is 0 Å².